The van der Waals surface area contributed by atoms with Crippen LogP contribution < -0.4 is 5.32 Å². The Morgan fingerprint density at radius 2 is 1.76 bits per heavy atom. The molecule has 0 spiro atoms. The molecule has 0 unspecified atom stereocenters. The molecule has 21 heavy (non-hydrogen) atoms. The van der Waals surface area contributed by atoms with Crippen molar-refractivity contribution in [1.82, 2.24) is 5.32 Å². The molecule has 0 heterocycles. The molecule has 1 nitrogen and oxygen atoms in total. The van der Waals surface area contributed by atoms with Gasteiger partial charge < -0.3 is 5.32 Å². The lowest BCUT2D eigenvalue weighted by Gasteiger charge is -2.27. The molecular weight excluding hydrogens is 336 g/mol. The monoisotopic (exact) mass is 353 g/mol. The minimum atomic E-state index is -2.43. The summed E-state index contributed by atoms with van der Waals surface area (Å²) in [5.41, 5.74) is 1.84. The molecule has 2 aromatic carbocycles. The van der Waals surface area contributed by atoms with E-state index in [1.165, 1.54) is 6.07 Å². The second kappa shape index (κ2) is 6.67. The Hall–Kier alpha value is -1.26. The highest BCUT2D eigenvalue weighted by Gasteiger charge is 2.19. The first-order chi connectivity index (χ1) is 9.88. The molecule has 0 amide bonds. The topological polar surface area (TPSA) is 12.0 Å². The molecule has 0 aromatic heterocycles. The summed E-state index contributed by atoms with van der Waals surface area (Å²) in [6.07, 6.45) is -2.43. The summed E-state index contributed by atoms with van der Waals surface area (Å²) in [5, 5.41) is 3.42. The van der Waals surface area contributed by atoms with E-state index in [4.69, 9.17) is 0 Å². The Morgan fingerprint density at radius 3 is 2.38 bits per heavy atom. The van der Waals surface area contributed by atoms with Gasteiger partial charge in [-0.3, -0.25) is 0 Å². The van der Waals surface area contributed by atoms with Gasteiger partial charge in [0.25, 0.3) is 6.43 Å². The number of hydrogen-bond donors (Lipinski definition) is 1. The minimum Gasteiger partial charge on any atom is -0.304 e. The van der Waals surface area contributed by atoms with Gasteiger partial charge in [0.05, 0.1) is 0 Å². The highest BCUT2D eigenvalue weighted by molar-refractivity contribution is 9.10. The lowest BCUT2D eigenvalue weighted by molar-refractivity contribution is 0.151. The molecule has 2 rings (SSSR count). The predicted octanol–water partition coefficient (Wildman–Crippen LogP) is 5.41. The van der Waals surface area contributed by atoms with Crippen molar-refractivity contribution in [2.75, 3.05) is 0 Å². The summed E-state index contributed by atoms with van der Waals surface area (Å²) in [7, 11) is 0. The molecular formula is C17H18BrF2N. The lowest BCUT2D eigenvalue weighted by atomic mass is 9.94. The fourth-order valence-electron chi connectivity index (χ4n) is 2.13. The molecule has 112 valence electrons. The molecule has 2 aromatic rings. The molecule has 0 aliphatic carbocycles. The minimum absolute atomic E-state index is 0.0655. The maximum atomic E-state index is 12.7. The smallest absolute Gasteiger partial charge is 0.263 e. The summed E-state index contributed by atoms with van der Waals surface area (Å²) in [6, 6.07) is 14.6. The van der Waals surface area contributed by atoms with Crippen LogP contribution >= 0.6 is 15.9 Å². The third-order valence-electron chi connectivity index (χ3n) is 3.50. The summed E-state index contributed by atoms with van der Waals surface area (Å²) < 4.78 is 26.4. The van der Waals surface area contributed by atoms with Gasteiger partial charge in [-0.15, -0.1) is 0 Å². The van der Waals surface area contributed by atoms with Gasteiger partial charge >= 0.3 is 0 Å². The molecule has 0 saturated heterocycles. The normalized spacial score (nSPS) is 11.9. The first-order valence-corrected chi connectivity index (χ1v) is 7.56. The standard InChI is InChI=1S/C17H18BrF2N/c1-17(2,14-6-8-15(18)9-7-14)21-11-12-4-3-5-13(10-12)16(19)20/h3-10,16,21H,11H2,1-2H3. The van der Waals surface area contributed by atoms with Crippen LogP contribution in [-0.2, 0) is 12.1 Å². The van der Waals surface area contributed by atoms with Gasteiger partial charge in [-0.1, -0.05) is 46.3 Å². The first-order valence-electron chi connectivity index (χ1n) is 6.76. The van der Waals surface area contributed by atoms with Crippen molar-refractivity contribution in [3.63, 3.8) is 0 Å². The van der Waals surface area contributed by atoms with Crippen molar-refractivity contribution in [2.24, 2.45) is 0 Å². The van der Waals surface area contributed by atoms with Crippen LogP contribution in [0.1, 0.15) is 37.0 Å². The molecule has 1 N–H and O–H groups in total. The molecule has 0 fully saturated rings. The Morgan fingerprint density at radius 1 is 1.10 bits per heavy atom. The molecule has 0 bridgehead atoms. The van der Waals surface area contributed by atoms with Crippen LogP contribution in [0.2, 0.25) is 0 Å². The number of benzene rings is 2. The van der Waals surface area contributed by atoms with Gasteiger partial charge in [0.2, 0.25) is 0 Å². The Balaban J connectivity index is 2.07. The highest BCUT2D eigenvalue weighted by atomic mass is 79.9. The summed E-state index contributed by atoms with van der Waals surface area (Å²) in [5.74, 6) is 0. The van der Waals surface area contributed by atoms with E-state index in [1.807, 2.05) is 30.3 Å². The second-order valence-corrected chi connectivity index (χ2v) is 6.45. The van der Waals surface area contributed by atoms with E-state index in [-0.39, 0.29) is 11.1 Å². The molecule has 0 aliphatic heterocycles. The van der Waals surface area contributed by atoms with Gasteiger partial charge in [-0.05, 0) is 43.2 Å². The van der Waals surface area contributed by atoms with Crippen molar-refractivity contribution in [3.8, 4) is 0 Å². The number of hydrogen-bond acceptors (Lipinski definition) is 1. The Kier molecular flexibility index (Phi) is 5.12. The number of rotatable bonds is 5. The SMILES string of the molecule is CC(C)(NCc1cccc(C(F)F)c1)c1ccc(Br)cc1. The Labute approximate surface area is 132 Å². The second-order valence-electron chi connectivity index (χ2n) is 5.53. The van der Waals surface area contributed by atoms with Gasteiger partial charge in [0, 0.05) is 22.1 Å². The van der Waals surface area contributed by atoms with Crippen LogP contribution in [-0.4, -0.2) is 0 Å². The summed E-state index contributed by atoms with van der Waals surface area (Å²) in [4.78, 5) is 0. The van der Waals surface area contributed by atoms with Crippen molar-refractivity contribution in [1.29, 1.82) is 0 Å². The van der Waals surface area contributed by atoms with E-state index in [9.17, 15) is 8.78 Å². The quantitative estimate of drug-likeness (QED) is 0.757. The van der Waals surface area contributed by atoms with E-state index in [0.29, 0.717) is 6.54 Å². The van der Waals surface area contributed by atoms with Gasteiger partial charge in [-0.2, -0.15) is 0 Å². The van der Waals surface area contributed by atoms with E-state index in [1.54, 1.807) is 12.1 Å². The van der Waals surface area contributed by atoms with Gasteiger partial charge in [0.1, 0.15) is 0 Å². The zero-order valence-corrected chi connectivity index (χ0v) is 13.6. The zero-order chi connectivity index (χ0) is 15.5. The summed E-state index contributed by atoms with van der Waals surface area (Å²) >= 11 is 3.42. The zero-order valence-electron chi connectivity index (χ0n) is 12.0. The van der Waals surface area contributed by atoms with Crippen LogP contribution in [0, 0.1) is 0 Å². The molecule has 4 heteroatoms. The molecule has 0 radical (unpaired) electrons. The van der Waals surface area contributed by atoms with Gasteiger partial charge in [-0.25, -0.2) is 8.78 Å². The van der Waals surface area contributed by atoms with Crippen molar-refractivity contribution in [2.45, 2.75) is 32.4 Å². The molecule has 0 atom stereocenters. The third-order valence-corrected chi connectivity index (χ3v) is 4.03. The van der Waals surface area contributed by atoms with E-state index in [2.05, 4.69) is 35.1 Å². The molecule has 0 aliphatic rings. The highest BCUT2D eigenvalue weighted by Crippen LogP contribution is 2.24. The van der Waals surface area contributed by atoms with E-state index < -0.39 is 6.43 Å². The first kappa shape index (κ1) is 16.1. The number of halogens is 3. The average Bonchev–Trinajstić information content (AvgIpc) is 2.46. The maximum Gasteiger partial charge on any atom is 0.263 e. The summed E-state index contributed by atoms with van der Waals surface area (Å²) in [6.45, 7) is 4.70. The Bertz CT molecular complexity index is 594. The number of nitrogens with one attached hydrogen (secondary N) is 1. The largest absolute Gasteiger partial charge is 0.304 e. The van der Waals surface area contributed by atoms with E-state index >= 15 is 0 Å². The van der Waals surface area contributed by atoms with Crippen LogP contribution in [0.5, 0.6) is 0 Å². The fourth-order valence-corrected chi connectivity index (χ4v) is 2.39. The molecule has 0 saturated carbocycles. The average molecular weight is 354 g/mol. The van der Waals surface area contributed by atoms with Crippen molar-refractivity contribution >= 4 is 15.9 Å². The maximum absolute atomic E-state index is 12.7. The lowest BCUT2D eigenvalue weighted by Crippen LogP contribution is -2.35. The van der Waals surface area contributed by atoms with Crippen molar-refractivity contribution in [3.05, 3.63) is 69.7 Å². The van der Waals surface area contributed by atoms with E-state index in [0.717, 1.165) is 15.6 Å². The van der Waals surface area contributed by atoms with Crippen LogP contribution in [0.15, 0.2) is 53.0 Å². The fraction of sp³-hybridized carbons (Fsp3) is 0.294. The third kappa shape index (κ3) is 4.35. The van der Waals surface area contributed by atoms with Gasteiger partial charge in [0.15, 0.2) is 0 Å². The van der Waals surface area contributed by atoms with Crippen molar-refractivity contribution < 1.29 is 8.78 Å². The predicted molar refractivity (Wildman–Crippen MR) is 85.4 cm³/mol. The van der Waals surface area contributed by atoms with Crippen LogP contribution in [0.3, 0.4) is 0 Å². The van der Waals surface area contributed by atoms with Crippen LogP contribution in [0.4, 0.5) is 8.78 Å². The van der Waals surface area contributed by atoms with Crippen LogP contribution in [0.25, 0.3) is 0 Å². The number of alkyl halides is 2.